The maximum Gasteiger partial charge on any atom is 0.0343 e. The van der Waals surface area contributed by atoms with Gasteiger partial charge in [0.2, 0.25) is 0 Å². The highest BCUT2D eigenvalue weighted by atomic mass is 15.1. The lowest BCUT2D eigenvalue weighted by Gasteiger charge is -2.24. The number of hydrogen-bond donors (Lipinski definition) is 2. The van der Waals surface area contributed by atoms with Crippen LogP contribution in [0.2, 0.25) is 0 Å². The first-order valence-corrected chi connectivity index (χ1v) is 8.19. The van der Waals surface area contributed by atoms with Crippen LogP contribution in [0.3, 0.4) is 0 Å². The van der Waals surface area contributed by atoms with Crippen molar-refractivity contribution in [2.24, 2.45) is 0 Å². The van der Waals surface area contributed by atoms with E-state index in [2.05, 4.69) is 39.8 Å². The molecule has 1 atom stereocenters. The Morgan fingerprint density at radius 2 is 2.05 bits per heavy atom. The molecule has 0 aromatic heterocycles. The average molecular weight is 273 g/mol. The largest absolute Gasteiger partial charge is 0.383 e. The van der Waals surface area contributed by atoms with Gasteiger partial charge in [0.25, 0.3) is 0 Å². The molecule has 1 aromatic carbocycles. The highest BCUT2D eigenvalue weighted by molar-refractivity contribution is 5.45. The van der Waals surface area contributed by atoms with Crippen molar-refractivity contribution in [3.05, 3.63) is 29.8 Å². The fourth-order valence-corrected chi connectivity index (χ4v) is 3.32. The van der Waals surface area contributed by atoms with Crippen molar-refractivity contribution in [1.82, 2.24) is 10.2 Å². The Morgan fingerprint density at radius 1 is 1.15 bits per heavy atom. The van der Waals surface area contributed by atoms with Gasteiger partial charge in [-0.3, -0.25) is 4.90 Å². The molecule has 2 N–H and O–H groups in total. The van der Waals surface area contributed by atoms with E-state index in [-0.39, 0.29) is 0 Å². The molecule has 0 saturated carbocycles. The Labute approximate surface area is 122 Å². The first kappa shape index (κ1) is 13.9. The molecule has 3 rings (SSSR count). The summed E-state index contributed by atoms with van der Waals surface area (Å²) < 4.78 is 0. The van der Waals surface area contributed by atoms with Crippen LogP contribution in [0.4, 0.5) is 5.69 Å². The van der Waals surface area contributed by atoms with Gasteiger partial charge in [0.1, 0.15) is 0 Å². The first-order valence-electron chi connectivity index (χ1n) is 8.19. The maximum absolute atomic E-state index is 3.60. The van der Waals surface area contributed by atoms with Gasteiger partial charge in [-0.25, -0.2) is 0 Å². The normalized spacial score (nSPS) is 23.9. The van der Waals surface area contributed by atoms with Gasteiger partial charge in [-0.05, 0) is 63.0 Å². The molecule has 1 aromatic rings. The van der Waals surface area contributed by atoms with Gasteiger partial charge in [-0.2, -0.15) is 0 Å². The van der Waals surface area contributed by atoms with Gasteiger partial charge in [-0.1, -0.05) is 18.6 Å². The third kappa shape index (κ3) is 3.97. The Kier molecular flexibility index (Phi) is 4.93. The van der Waals surface area contributed by atoms with Crippen LogP contribution < -0.4 is 10.6 Å². The third-order valence-electron chi connectivity index (χ3n) is 4.50. The second-order valence-electron chi connectivity index (χ2n) is 6.21. The van der Waals surface area contributed by atoms with Crippen molar-refractivity contribution in [3.63, 3.8) is 0 Å². The second-order valence-corrected chi connectivity index (χ2v) is 6.21. The summed E-state index contributed by atoms with van der Waals surface area (Å²) in [5, 5.41) is 7.19. The van der Waals surface area contributed by atoms with Crippen molar-refractivity contribution < 1.29 is 0 Å². The van der Waals surface area contributed by atoms with Crippen molar-refractivity contribution >= 4 is 5.69 Å². The topological polar surface area (TPSA) is 27.3 Å². The predicted octanol–water partition coefficient (Wildman–Crippen LogP) is 2.84. The second kappa shape index (κ2) is 7.09. The highest BCUT2D eigenvalue weighted by Crippen LogP contribution is 2.16. The van der Waals surface area contributed by atoms with E-state index in [1.165, 1.54) is 63.0 Å². The van der Waals surface area contributed by atoms with Crippen LogP contribution >= 0.6 is 0 Å². The zero-order chi connectivity index (χ0) is 13.6. The summed E-state index contributed by atoms with van der Waals surface area (Å²) in [5.74, 6) is 0. The van der Waals surface area contributed by atoms with Gasteiger partial charge < -0.3 is 10.6 Å². The zero-order valence-electron chi connectivity index (χ0n) is 12.4. The van der Waals surface area contributed by atoms with E-state index in [1.807, 2.05) is 0 Å². The summed E-state index contributed by atoms with van der Waals surface area (Å²) >= 11 is 0. The van der Waals surface area contributed by atoms with Gasteiger partial charge >= 0.3 is 0 Å². The van der Waals surface area contributed by atoms with Crippen molar-refractivity contribution in [3.8, 4) is 0 Å². The number of nitrogens with one attached hydrogen (secondary N) is 2. The van der Waals surface area contributed by atoms with E-state index in [0.29, 0.717) is 6.04 Å². The number of piperidine rings is 1. The minimum atomic E-state index is 0.644. The Hall–Kier alpha value is -1.06. The molecule has 2 fully saturated rings. The first-order chi connectivity index (χ1) is 9.90. The number of likely N-dealkylation sites (tertiary alicyclic amines) is 1. The Morgan fingerprint density at radius 3 is 2.85 bits per heavy atom. The van der Waals surface area contributed by atoms with Gasteiger partial charge in [0, 0.05) is 24.8 Å². The van der Waals surface area contributed by atoms with Gasteiger partial charge in [0.05, 0.1) is 0 Å². The van der Waals surface area contributed by atoms with Crippen LogP contribution in [0.15, 0.2) is 24.3 Å². The van der Waals surface area contributed by atoms with Crippen LogP contribution in [0.1, 0.15) is 37.7 Å². The van der Waals surface area contributed by atoms with Crippen molar-refractivity contribution in [2.45, 2.75) is 44.7 Å². The van der Waals surface area contributed by atoms with E-state index in [1.54, 1.807) is 0 Å². The summed E-state index contributed by atoms with van der Waals surface area (Å²) in [6.07, 6.45) is 6.74. The highest BCUT2D eigenvalue weighted by Gasteiger charge is 2.13. The molecule has 2 saturated heterocycles. The maximum atomic E-state index is 3.60. The van der Waals surface area contributed by atoms with E-state index >= 15 is 0 Å². The monoisotopic (exact) mass is 273 g/mol. The molecule has 0 spiro atoms. The quantitative estimate of drug-likeness (QED) is 0.864. The summed E-state index contributed by atoms with van der Waals surface area (Å²) in [5.41, 5.74) is 2.71. The van der Waals surface area contributed by atoms with Crippen LogP contribution in [-0.2, 0) is 6.54 Å². The smallest absolute Gasteiger partial charge is 0.0343 e. The summed E-state index contributed by atoms with van der Waals surface area (Å²) in [7, 11) is 0. The van der Waals surface area contributed by atoms with E-state index in [9.17, 15) is 0 Å². The van der Waals surface area contributed by atoms with Gasteiger partial charge in [0.15, 0.2) is 0 Å². The fourth-order valence-electron chi connectivity index (χ4n) is 3.32. The van der Waals surface area contributed by atoms with Gasteiger partial charge in [-0.15, -0.1) is 0 Å². The molecular formula is C17H27N3. The Bertz CT molecular complexity index is 406. The molecule has 110 valence electrons. The molecule has 3 nitrogen and oxygen atoms in total. The Balaban J connectivity index is 1.50. The molecule has 20 heavy (non-hydrogen) atoms. The fraction of sp³-hybridized carbons (Fsp3) is 0.647. The number of anilines is 1. The molecule has 2 aliphatic heterocycles. The summed E-state index contributed by atoms with van der Waals surface area (Å²) in [6, 6.07) is 9.59. The standard InChI is InChI=1S/C17H27N3/c1-2-9-18-17(7-1)13-19-16-8-5-6-15(12-16)14-20-10-3-4-11-20/h5-6,8,12,17-19H,1-4,7,9-11,13-14H2. The molecule has 1 unspecified atom stereocenters. The number of rotatable bonds is 5. The minimum absolute atomic E-state index is 0.644. The molecule has 0 aliphatic carbocycles. The molecule has 0 amide bonds. The van der Waals surface area contributed by atoms with Crippen LogP contribution in [-0.4, -0.2) is 37.1 Å². The molecule has 3 heteroatoms. The number of nitrogens with zero attached hydrogens (tertiary/aromatic N) is 1. The van der Waals surface area contributed by atoms with Crippen LogP contribution in [0.25, 0.3) is 0 Å². The molecule has 0 radical (unpaired) electrons. The van der Waals surface area contributed by atoms with E-state index in [4.69, 9.17) is 0 Å². The SMILES string of the molecule is c1cc(CN2CCCC2)cc(NCC2CCCCN2)c1. The van der Waals surface area contributed by atoms with E-state index < -0.39 is 0 Å². The number of hydrogen-bond acceptors (Lipinski definition) is 3. The molecular weight excluding hydrogens is 246 g/mol. The summed E-state index contributed by atoms with van der Waals surface area (Å²) in [4.78, 5) is 2.56. The lowest BCUT2D eigenvalue weighted by molar-refractivity contribution is 0.331. The van der Waals surface area contributed by atoms with Crippen LogP contribution in [0.5, 0.6) is 0 Å². The molecule has 2 aliphatic rings. The molecule has 0 bridgehead atoms. The average Bonchev–Trinajstić information content (AvgIpc) is 3.00. The van der Waals surface area contributed by atoms with Crippen LogP contribution in [0, 0.1) is 0 Å². The zero-order valence-corrected chi connectivity index (χ0v) is 12.4. The van der Waals surface area contributed by atoms with Crippen molar-refractivity contribution in [2.75, 3.05) is 31.5 Å². The third-order valence-corrected chi connectivity index (χ3v) is 4.50. The molecule has 2 heterocycles. The lowest BCUT2D eigenvalue weighted by Crippen LogP contribution is -2.39. The van der Waals surface area contributed by atoms with Crippen molar-refractivity contribution in [1.29, 1.82) is 0 Å². The predicted molar refractivity (Wildman–Crippen MR) is 85.1 cm³/mol. The summed E-state index contributed by atoms with van der Waals surface area (Å²) in [6.45, 7) is 5.87. The minimum Gasteiger partial charge on any atom is -0.383 e. The van der Waals surface area contributed by atoms with E-state index in [0.717, 1.165) is 13.1 Å². The number of benzene rings is 1. The lowest BCUT2D eigenvalue weighted by atomic mass is 10.0.